The number of esters is 1. The zero-order chi connectivity index (χ0) is 19.5. The van der Waals surface area contributed by atoms with Crippen LogP contribution in [0.2, 0.25) is 0 Å². The number of benzene rings is 2. The Morgan fingerprint density at radius 3 is 2.48 bits per heavy atom. The van der Waals surface area contributed by atoms with E-state index >= 15 is 0 Å². The summed E-state index contributed by atoms with van der Waals surface area (Å²) in [4.78, 5) is 35.0. The molecule has 0 saturated carbocycles. The second-order valence-corrected chi connectivity index (χ2v) is 5.80. The fourth-order valence-corrected chi connectivity index (χ4v) is 2.15. The van der Waals surface area contributed by atoms with Crippen LogP contribution in [-0.2, 0) is 14.3 Å². The minimum atomic E-state index is -0.622. The second kappa shape index (κ2) is 10.6. The molecule has 0 unspecified atom stereocenters. The molecule has 27 heavy (non-hydrogen) atoms. The molecule has 7 heteroatoms. The van der Waals surface area contributed by atoms with Gasteiger partial charge in [0, 0.05) is 12.0 Å². The zero-order valence-corrected chi connectivity index (χ0v) is 15.1. The Hall–Kier alpha value is -3.35. The van der Waals surface area contributed by atoms with Gasteiger partial charge in [0.2, 0.25) is 0 Å². The Morgan fingerprint density at radius 2 is 1.74 bits per heavy atom. The number of amides is 2. The number of nitrogens with one attached hydrogen (secondary N) is 2. The van der Waals surface area contributed by atoms with E-state index in [4.69, 9.17) is 9.47 Å². The lowest BCUT2D eigenvalue weighted by atomic mass is 10.2. The fourth-order valence-electron chi connectivity index (χ4n) is 2.15. The van der Waals surface area contributed by atoms with E-state index in [0.29, 0.717) is 18.6 Å². The van der Waals surface area contributed by atoms with Crippen LogP contribution in [0.4, 0.5) is 0 Å². The van der Waals surface area contributed by atoms with E-state index in [1.807, 2.05) is 31.2 Å². The van der Waals surface area contributed by atoms with E-state index in [0.717, 1.165) is 11.3 Å². The van der Waals surface area contributed by atoms with Crippen molar-refractivity contribution in [1.82, 2.24) is 10.9 Å². The number of hydrogen-bond acceptors (Lipinski definition) is 5. The number of carbonyl (C=O) groups is 3. The predicted octanol–water partition coefficient (Wildman–Crippen LogP) is 2.16. The van der Waals surface area contributed by atoms with Crippen LogP contribution >= 0.6 is 0 Å². The molecule has 0 saturated heterocycles. The summed E-state index contributed by atoms with van der Waals surface area (Å²) in [6.45, 7) is 1.88. The molecule has 0 fully saturated rings. The third-order valence-corrected chi connectivity index (χ3v) is 3.50. The summed E-state index contributed by atoms with van der Waals surface area (Å²) < 4.78 is 10.4. The SMILES string of the molecule is Cc1cccc(OCCCC(=O)OCC(=O)NNC(=O)c2ccccc2)c1. The number of rotatable bonds is 8. The van der Waals surface area contributed by atoms with Crippen LogP contribution in [0.3, 0.4) is 0 Å². The molecule has 7 nitrogen and oxygen atoms in total. The number of ether oxygens (including phenoxy) is 2. The number of aryl methyl sites for hydroxylation is 1. The Kier molecular flexibility index (Phi) is 7.84. The molecular formula is C20H22N2O5. The molecule has 0 aliphatic heterocycles. The van der Waals surface area contributed by atoms with Gasteiger partial charge in [0.15, 0.2) is 6.61 Å². The minimum Gasteiger partial charge on any atom is -0.494 e. The number of hydrogen-bond donors (Lipinski definition) is 2. The van der Waals surface area contributed by atoms with Gasteiger partial charge in [-0.25, -0.2) is 0 Å². The van der Waals surface area contributed by atoms with Gasteiger partial charge < -0.3 is 9.47 Å². The monoisotopic (exact) mass is 370 g/mol. The van der Waals surface area contributed by atoms with Crippen LogP contribution in [0.1, 0.15) is 28.8 Å². The Balaban J connectivity index is 1.56. The third kappa shape index (κ3) is 7.60. The zero-order valence-electron chi connectivity index (χ0n) is 15.1. The third-order valence-electron chi connectivity index (χ3n) is 3.50. The maximum Gasteiger partial charge on any atom is 0.306 e. The van der Waals surface area contributed by atoms with Crippen LogP contribution < -0.4 is 15.6 Å². The van der Waals surface area contributed by atoms with Gasteiger partial charge in [-0.3, -0.25) is 25.2 Å². The molecule has 0 spiro atoms. The van der Waals surface area contributed by atoms with Gasteiger partial charge in [-0.05, 0) is 43.2 Å². The van der Waals surface area contributed by atoms with Crippen molar-refractivity contribution in [3.8, 4) is 5.75 Å². The molecule has 2 amide bonds. The lowest BCUT2D eigenvalue weighted by Crippen LogP contribution is -2.43. The van der Waals surface area contributed by atoms with E-state index in [2.05, 4.69) is 10.9 Å². The quantitative estimate of drug-likeness (QED) is 0.422. The van der Waals surface area contributed by atoms with Gasteiger partial charge in [-0.1, -0.05) is 30.3 Å². The van der Waals surface area contributed by atoms with Crippen LogP contribution in [0, 0.1) is 6.92 Å². The topological polar surface area (TPSA) is 93.7 Å². The first-order chi connectivity index (χ1) is 13.0. The van der Waals surface area contributed by atoms with E-state index < -0.39 is 24.4 Å². The molecule has 0 atom stereocenters. The Bertz CT molecular complexity index is 777. The van der Waals surface area contributed by atoms with Crippen molar-refractivity contribution in [3.63, 3.8) is 0 Å². The van der Waals surface area contributed by atoms with E-state index in [-0.39, 0.29) is 6.42 Å². The molecule has 0 radical (unpaired) electrons. The highest BCUT2D eigenvalue weighted by atomic mass is 16.5. The highest BCUT2D eigenvalue weighted by Crippen LogP contribution is 2.12. The summed E-state index contributed by atoms with van der Waals surface area (Å²) in [5, 5.41) is 0. The molecule has 142 valence electrons. The van der Waals surface area contributed by atoms with Crippen LogP contribution in [0.5, 0.6) is 5.75 Å². The number of hydrazine groups is 1. The summed E-state index contributed by atoms with van der Waals surface area (Å²) in [6.07, 6.45) is 0.606. The van der Waals surface area contributed by atoms with Crippen molar-refractivity contribution in [3.05, 3.63) is 65.7 Å². The second-order valence-electron chi connectivity index (χ2n) is 5.80. The maximum atomic E-state index is 11.8. The standard InChI is InChI=1S/C20H22N2O5/c1-15-7-5-10-17(13-15)26-12-6-11-19(24)27-14-18(23)21-22-20(25)16-8-3-2-4-9-16/h2-5,7-10,13H,6,11-12,14H2,1H3,(H,21,23)(H,22,25). The first kappa shape index (κ1) is 20.0. The highest BCUT2D eigenvalue weighted by molar-refractivity contribution is 5.95. The van der Waals surface area contributed by atoms with Gasteiger partial charge in [-0.15, -0.1) is 0 Å². The van der Waals surface area contributed by atoms with Gasteiger partial charge in [-0.2, -0.15) is 0 Å². The van der Waals surface area contributed by atoms with Gasteiger partial charge in [0.05, 0.1) is 6.61 Å². The Morgan fingerprint density at radius 1 is 0.963 bits per heavy atom. The molecule has 2 aromatic carbocycles. The van der Waals surface area contributed by atoms with Gasteiger partial charge in [0.1, 0.15) is 5.75 Å². The maximum absolute atomic E-state index is 11.8. The molecule has 0 heterocycles. The van der Waals surface area contributed by atoms with E-state index in [1.165, 1.54) is 0 Å². The van der Waals surface area contributed by atoms with E-state index in [9.17, 15) is 14.4 Å². The van der Waals surface area contributed by atoms with Crippen LogP contribution in [-0.4, -0.2) is 31.0 Å². The summed E-state index contributed by atoms with van der Waals surface area (Å²) >= 11 is 0. The number of carbonyl (C=O) groups excluding carboxylic acids is 3. The lowest BCUT2D eigenvalue weighted by Gasteiger charge is -2.09. The van der Waals surface area contributed by atoms with Crippen molar-refractivity contribution in [2.24, 2.45) is 0 Å². The summed E-state index contributed by atoms with van der Waals surface area (Å²) in [6, 6.07) is 16.0. The van der Waals surface area contributed by atoms with Crippen LogP contribution in [0.25, 0.3) is 0 Å². The van der Waals surface area contributed by atoms with Gasteiger partial charge in [0.25, 0.3) is 11.8 Å². The van der Waals surface area contributed by atoms with Crippen molar-refractivity contribution in [1.29, 1.82) is 0 Å². The minimum absolute atomic E-state index is 0.134. The fraction of sp³-hybridized carbons (Fsp3) is 0.250. The van der Waals surface area contributed by atoms with E-state index in [1.54, 1.807) is 30.3 Å². The normalized spacial score (nSPS) is 9.96. The highest BCUT2D eigenvalue weighted by Gasteiger charge is 2.09. The predicted molar refractivity (Wildman–Crippen MR) is 98.9 cm³/mol. The molecule has 2 rings (SSSR count). The van der Waals surface area contributed by atoms with Crippen LogP contribution in [0.15, 0.2) is 54.6 Å². The van der Waals surface area contributed by atoms with Crippen molar-refractivity contribution in [2.45, 2.75) is 19.8 Å². The summed E-state index contributed by atoms with van der Waals surface area (Å²) in [7, 11) is 0. The largest absolute Gasteiger partial charge is 0.494 e. The van der Waals surface area contributed by atoms with Crippen molar-refractivity contribution < 1.29 is 23.9 Å². The first-order valence-electron chi connectivity index (χ1n) is 8.54. The molecule has 0 aromatic heterocycles. The van der Waals surface area contributed by atoms with Crippen molar-refractivity contribution >= 4 is 17.8 Å². The smallest absolute Gasteiger partial charge is 0.306 e. The molecule has 2 aromatic rings. The summed E-state index contributed by atoms with van der Waals surface area (Å²) in [5.74, 6) is -0.837. The molecule has 0 aliphatic carbocycles. The average molecular weight is 370 g/mol. The summed E-state index contributed by atoms with van der Waals surface area (Å²) in [5.41, 5.74) is 5.94. The van der Waals surface area contributed by atoms with Gasteiger partial charge >= 0.3 is 5.97 Å². The van der Waals surface area contributed by atoms with Crippen molar-refractivity contribution in [2.75, 3.05) is 13.2 Å². The lowest BCUT2D eigenvalue weighted by molar-refractivity contribution is -0.148. The first-order valence-corrected chi connectivity index (χ1v) is 8.54. The molecular weight excluding hydrogens is 348 g/mol. The molecule has 0 aliphatic rings. The average Bonchev–Trinajstić information content (AvgIpc) is 2.68. The molecule has 0 bridgehead atoms. The Labute approximate surface area is 157 Å². The molecule has 2 N–H and O–H groups in total.